The minimum absolute atomic E-state index is 0.386. The van der Waals surface area contributed by atoms with Crippen LogP contribution in [0.3, 0.4) is 0 Å². The van der Waals surface area contributed by atoms with E-state index in [0.717, 1.165) is 23.1 Å². The van der Waals surface area contributed by atoms with Crippen molar-refractivity contribution in [2.24, 2.45) is 0 Å². The Morgan fingerprint density at radius 2 is 1.67 bits per heavy atom. The maximum absolute atomic E-state index is 12.3. The number of aliphatic carboxylic acids is 1. The van der Waals surface area contributed by atoms with Gasteiger partial charge in [-0.1, -0.05) is 48.0 Å². The van der Waals surface area contributed by atoms with Crippen LogP contribution in [-0.2, 0) is 16.0 Å². The Balaban J connectivity index is 1.64. The van der Waals surface area contributed by atoms with Crippen molar-refractivity contribution in [3.8, 4) is 17.2 Å². The van der Waals surface area contributed by atoms with Crippen LogP contribution >= 0.6 is 11.6 Å². The van der Waals surface area contributed by atoms with Gasteiger partial charge in [-0.2, -0.15) is 0 Å². The number of ether oxygens (including phenoxy) is 3. The zero-order valence-corrected chi connectivity index (χ0v) is 21.1. The third-order valence-electron chi connectivity index (χ3n) is 5.26. The Bertz CT molecular complexity index is 1230. The number of carboxylic acids is 1. The predicted octanol–water partition coefficient (Wildman–Crippen LogP) is 3.87. The van der Waals surface area contributed by atoms with Crippen molar-refractivity contribution in [2.75, 3.05) is 20.3 Å². The number of methoxy groups -OCH3 is 1. The number of rotatable bonds is 11. The highest BCUT2D eigenvalue weighted by atomic mass is 35.5. The number of nitrogens with one attached hydrogen (secondary N) is 1. The molecule has 3 aromatic carbocycles. The SMILES string of the molecule is COc1cc(/C=C(/NC(=O)COc2cc(C)c(Cl)c(C)c2)C(=O)[O-])ccc1OCCc1ccccc1. The Hall–Kier alpha value is -3.97. The molecule has 0 heterocycles. The maximum Gasteiger partial charge on any atom is 0.262 e. The summed E-state index contributed by atoms with van der Waals surface area (Å²) in [5.41, 5.74) is 2.84. The summed E-state index contributed by atoms with van der Waals surface area (Å²) in [5, 5.41) is 14.6. The summed E-state index contributed by atoms with van der Waals surface area (Å²) < 4.78 is 16.7. The lowest BCUT2D eigenvalue weighted by molar-refractivity contribution is -0.299. The molecule has 188 valence electrons. The topological polar surface area (TPSA) is 96.9 Å². The van der Waals surface area contributed by atoms with Crippen LogP contribution in [0.15, 0.2) is 66.4 Å². The van der Waals surface area contributed by atoms with Gasteiger partial charge in [0.15, 0.2) is 18.1 Å². The van der Waals surface area contributed by atoms with Crippen molar-refractivity contribution >= 4 is 29.6 Å². The first kappa shape index (κ1) is 26.6. The number of carboxylic acid groups (broad SMARTS) is 1. The van der Waals surface area contributed by atoms with E-state index >= 15 is 0 Å². The highest BCUT2D eigenvalue weighted by molar-refractivity contribution is 6.32. The first-order valence-corrected chi connectivity index (χ1v) is 11.6. The van der Waals surface area contributed by atoms with Crippen LogP contribution in [0, 0.1) is 13.8 Å². The van der Waals surface area contributed by atoms with Crippen LogP contribution in [0.5, 0.6) is 17.2 Å². The monoisotopic (exact) mass is 508 g/mol. The minimum atomic E-state index is -1.54. The summed E-state index contributed by atoms with van der Waals surface area (Å²) in [6.07, 6.45) is 2.00. The molecule has 0 fully saturated rings. The zero-order valence-electron chi connectivity index (χ0n) is 20.3. The molecule has 1 N–H and O–H groups in total. The van der Waals surface area contributed by atoms with Crippen LogP contribution in [-0.4, -0.2) is 32.2 Å². The number of hydrogen-bond donors (Lipinski definition) is 1. The molecule has 1 amide bonds. The van der Waals surface area contributed by atoms with Gasteiger partial charge in [0.1, 0.15) is 5.75 Å². The third kappa shape index (κ3) is 7.52. The van der Waals surface area contributed by atoms with Gasteiger partial charge in [0, 0.05) is 11.4 Å². The van der Waals surface area contributed by atoms with E-state index in [2.05, 4.69) is 5.32 Å². The third-order valence-corrected chi connectivity index (χ3v) is 5.86. The van der Waals surface area contributed by atoms with Crippen molar-refractivity contribution in [1.29, 1.82) is 0 Å². The van der Waals surface area contributed by atoms with E-state index in [0.29, 0.717) is 34.4 Å². The summed E-state index contributed by atoms with van der Waals surface area (Å²) in [5.74, 6) is -0.785. The Morgan fingerprint density at radius 3 is 2.31 bits per heavy atom. The van der Waals surface area contributed by atoms with E-state index in [-0.39, 0.29) is 6.61 Å². The van der Waals surface area contributed by atoms with E-state index in [4.69, 9.17) is 25.8 Å². The van der Waals surface area contributed by atoms with Crippen molar-refractivity contribution in [3.63, 3.8) is 0 Å². The average Bonchev–Trinajstić information content (AvgIpc) is 2.86. The van der Waals surface area contributed by atoms with E-state index in [1.807, 2.05) is 44.2 Å². The van der Waals surface area contributed by atoms with Crippen LogP contribution < -0.4 is 24.6 Å². The van der Waals surface area contributed by atoms with Crippen molar-refractivity contribution in [1.82, 2.24) is 5.32 Å². The maximum atomic E-state index is 12.3. The van der Waals surface area contributed by atoms with Crippen molar-refractivity contribution < 1.29 is 28.9 Å². The van der Waals surface area contributed by atoms with Gasteiger partial charge in [-0.3, -0.25) is 4.79 Å². The lowest BCUT2D eigenvalue weighted by Crippen LogP contribution is -2.37. The number of hydrogen-bond acceptors (Lipinski definition) is 6. The fraction of sp³-hybridized carbons (Fsp3) is 0.214. The molecule has 0 saturated heterocycles. The average molecular weight is 509 g/mol. The lowest BCUT2D eigenvalue weighted by atomic mass is 10.1. The first-order chi connectivity index (χ1) is 17.3. The number of amides is 1. The molecule has 3 aromatic rings. The largest absolute Gasteiger partial charge is 0.543 e. The summed E-state index contributed by atoms with van der Waals surface area (Å²) in [4.78, 5) is 24.0. The Labute approximate surface area is 215 Å². The lowest BCUT2D eigenvalue weighted by Gasteiger charge is -2.14. The molecule has 3 rings (SSSR count). The molecule has 36 heavy (non-hydrogen) atoms. The van der Waals surface area contributed by atoms with Gasteiger partial charge >= 0.3 is 0 Å². The van der Waals surface area contributed by atoms with Crippen LogP contribution in [0.25, 0.3) is 6.08 Å². The molecule has 0 aliphatic heterocycles. The molecule has 0 saturated carbocycles. The smallest absolute Gasteiger partial charge is 0.262 e. The fourth-order valence-electron chi connectivity index (χ4n) is 3.45. The highest BCUT2D eigenvalue weighted by Crippen LogP contribution is 2.29. The quantitative estimate of drug-likeness (QED) is 0.395. The Kier molecular flexibility index (Phi) is 9.36. The number of carbonyl (C=O) groups excluding carboxylic acids is 2. The molecule has 0 aliphatic carbocycles. The summed E-state index contributed by atoms with van der Waals surface area (Å²) in [6.45, 7) is 3.71. The van der Waals surface area contributed by atoms with Crippen LogP contribution in [0.1, 0.15) is 22.3 Å². The van der Waals surface area contributed by atoms with E-state index < -0.39 is 17.6 Å². The van der Waals surface area contributed by atoms with Gasteiger partial charge < -0.3 is 29.4 Å². The molecule has 0 spiro atoms. The molecule has 0 aliphatic rings. The normalized spacial score (nSPS) is 11.1. The second-order valence-corrected chi connectivity index (χ2v) is 8.43. The molecule has 0 atom stereocenters. The summed E-state index contributed by atoms with van der Waals surface area (Å²) in [6, 6.07) is 18.3. The minimum Gasteiger partial charge on any atom is -0.543 e. The second-order valence-electron chi connectivity index (χ2n) is 8.05. The van der Waals surface area contributed by atoms with Crippen molar-refractivity contribution in [2.45, 2.75) is 20.3 Å². The second kappa shape index (κ2) is 12.7. The number of aryl methyl sites for hydroxylation is 2. The molecule has 7 nitrogen and oxygen atoms in total. The van der Waals surface area contributed by atoms with Crippen LogP contribution in [0.2, 0.25) is 5.02 Å². The number of benzene rings is 3. The predicted molar refractivity (Wildman–Crippen MR) is 136 cm³/mol. The molecule has 0 aromatic heterocycles. The summed E-state index contributed by atoms with van der Waals surface area (Å²) >= 11 is 6.14. The molecule has 0 bridgehead atoms. The highest BCUT2D eigenvalue weighted by Gasteiger charge is 2.11. The van der Waals surface area contributed by atoms with Gasteiger partial charge in [-0.15, -0.1) is 0 Å². The fourth-order valence-corrected chi connectivity index (χ4v) is 3.56. The van der Waals surface area contributed by atoms with Crippen molar-refractivity contribution in [3.05, 3.63) is 93.6 Å². The van der Waals surface area contributed by atoms with Gasteiger partial charge in [0.2, 0.25) is 0 Å². The Morgan fingerprint density at radius 1 is 0.972 bits per heavy atom. The van der Waals surface area contributed by atoms with Gasteiger partial charge in [-0.25, -0.2) is 0 Å². The number of halogens is 1. The van der Waals surface area contributed by atoms with E-state index in [1.165, 1.54) is 13.2 Å². The van der Waals surface area contributed by atoms with E-state index in [1.54, 1.807) is 30.3 Å². The van der Waals surface area contributed by atoms with Crippen LogP contribution in [0.4, 0.5) is 0 Å². The standard InChI is InChI=1S/C28H28ClNO6/c1-18-13-22(14-19(2)27(18)29)36-17-26(31)30-23(28(32)33)15-21-9-10-24(25(16-21)34-3)35-12-11-20-7-5-4-6-8-20/h4-10,13-16H,11-12,17H2,1-3H3,(H,30,31)(H,32,33)/p-1/b23-15+. The molecular formula is C28H27ClNO6-. The van der Waals surface area contributed by atoms with Gasteiger partial charge in [0.05, 0.1) is 25.4 Å². The first-order valence-electron chi connectivity index (χ1n) is 11.2. The summed E-state index contributed by atoms with van der Waals surface area (Å²) in [7, 11) is 1.49. The molecule has 8 heteroatoms. The van der Waals surface area contributed by atoms with E-state index in [9.17, 15) is 14.7 Å². The number of carbonyl (C=O) groups is 2. The van der Waals surface area contributed by atoms with Gasteiger partial charge in [0.25, 0.3) is 5.91 Å². The molecule has 0 radical (unpaired) electrons. The zero-order chi connectivity index (χ0) is 26.1. The molecular weight excluding hydrogens is 482 g/mol. The van der Waals surface area contributed by atoms with Gasteiger partial charge in [-0.05, 0) is 66.4 Å². The molecule has 0 unspecified atom stereocenters.